The van der Waals surface area contributed by atoms with Gasteiger partial charge in [0.15, 0.2) is 0 Å². The van der Waals surface area contributed by atoms with Gasteiger partial charge in [-0.25, -0.2) is 0 Å². The summed E-state index contributed by atoms with van der Waals surface area (Å²) in [6, 6.07) is 19.9. The van der Waals surface area contributed by atoms with Crippen molar-refractivity contribution in [3.8, 4) is 11.8 Å². The maximum atomic E-state index is 10.8. The summed E-state index contributed by atoms with van der Waals surface area (Å²) < 4.78 is 5.25. The zero-order valence-corrected chi connectivity index (χ0v) is 18.4. The van der Waals surface area contributed by atoms with E-state index in [9.17, 15) is 5.11 Å². The number of aliphatic hydroxyl groups excluding tert-OH is 1. The summed E-state index contributed by atoms with van der Waals surface area (Å²) in [6.45, 7) is 6.30. The lowest BCUT2D eigenvalue weighted by molar-refractivity contribution is 0.0658. The quantitative estimate of drug-likeness (QED) is 0.558. The summed E-state index contributed by atoms with van der Waals surface area (Å²) in [5.41, 5.74) is 8.57. The molecule has 0 saturated heterocycles. The van der Waals surface area contributed by atoms with E-state index in [2.05, 4.69) is 24.8 Å². The van der Waals surface area contributed by atoms with Gasteiger partial charge in [0.1, 0.15) is 5.75 Å². The molecule has 2 aromatic carbocycles. The molecule has 2 aromatic rings. The number of aliphatic hydroxyl groups is 1. The average molecular weight is 410 g/mol. The van der Waals surface area contributed by atoms with Gasteiger partial charge in [0.2, 0.25) is 0 Å². The van der Waals surface area contributed by atoms with Crippen LogP contribution < -0.4 is 10.5 Å². The zero-order valence-electron chi connectivity index (χ0n) is 18.4. The van der Waals surface area contributed by atoms with Gasteiger partial charge in [-0.1, -0.05) is 56.3 Å². The van der Waals surface area contributed by atoms with Crippen LogP contribution >= 0.6 is 0 Å². The smallest absolute Gasteiger partial charge is 0.118 e. The van der Waals surface area contributed by atoms with Crippen LogP contribution in [0.15, 0.2) is 54.6 Å². The maximum absolute atomic E-state index is 10.8. The van der Waals surface area contributed by atoms with E-state index >= 15 is 0 Å². The van der Waals surface area contributed by atoms with E-state index in [1.165, 1.54) is 0 Å². The predicted octanol–water partition coefficient (Wildman–Crippen LogP) is 3.76. The second kappa shape index (κ2) is 11.7. The van der Waals surface area contributed by atoms with Gasteiger partial charge in [0, 0.05) is 32.1 Å². The van der Waals surface area contributed by atoms with Crippen LogP contribution in [0.3, 0.4) is 0 Å². The number of hydrogen-bond donors (Lipinski definition) is 2. The Kier molecular flexibility index (Phi) is 9.32. The third kappa shape index (κ3) is 8.16. The molecule has 0 aliphatic heterocycles. The van der Waals surface area contributed by atoms with Crippen LogP contribution in [0.5, 0.6) is 5.75 Å². The molecule has 2 rings (SSSR count). The Morgan fingerprint density at radius 1 is 1.10 bits per heavy atom. The topological polar surface area (TPSA) is 82.5 Å². The van der Waals surface area contributed by atoms with Gasteiger partial charge in [0.25, 0.3) is 0 Å². The van der Waals surface area contributed by atoms with E-state index in [1.807, 2.05) is 54.6 Å². The number of nitrogens with zero attached hydrogens (tertiary/aromatic N) is 2. The summed E-state index contributed by atoms with van der Waals surface area (Å²) in [6.07, 6.45) is 1.33. The van der Waals surface area contributed by atoms with E-state index < -0.39 is 6.10 Å². The zero-order chi connectivity index (χ0) is 22.0. The van der Waals surface area contributed by atoms with E-state index in [4.69, 9.17) is 15.7 Å². The molecule has 0 aromatic heterocycles. The van der Waals surface area contributed by atoms with Crippen molar-refractivity contribution in [1.82, 2.24) is 4.90 Å². The van der Waals surface area contributed by atoms with Crippen LogP contribution in [0, 0.1) is 16.7 Å². The van der Waals surface area contributed by atoms with Gasteiger partial charge in [-0.05, 0) is 41.5 Å². The first-order valence-electron chi connectivity index (χ1n) is 10.5. The highest BCUT2D eigenvalue weighted by molar-refractivity contribution is 5.27. The largest absolute Gasteiger partial charge is 0.497 e. The van der Waals surface area contributed by atoms with E-state index in [1.54, 1.807) is 7.11 Å². The number of nitriles is 1. The van der Waals surface area contributed by atoms with Crippen LogP contribution in [0.2, 0.25) is 0 Å². The Morgan fingerprint density at radius 3 is 2.37 bits per heavy atom. The average Bonchev–Trinajstić information content (AvgIpc) is 2.73. The van der Waals surface area contributed by atoms with Gasteiger partial charge < -0.3 is 15.6 Å². The van der Waals surface area contributed by atoms with Crippen LogP contribution in [0.1, 0.15) is 37.8 Å². The van der Waals surface area contributed by atoms with Gasteiger partial charge in [0.05, 0.1) is 19.3 Å². The molecule has 0 radical (unpaired) electrons. The summed E-state index contributed by atoms with van der Waals surface area (Å²) in [7, 11) is 1.66. The highest BCUT2D eigenvalue weighted by Crippen LogP contribution is 2.25. The summed E-state index contributed by atoms with van der Waals surface area (Å²) in [5.74, 6) is 0.824. The van der Waals surface area contributed by atoms with Crippen molar-refractivity contribution >= 4 is 0 Å². The molecule has 0 aliphatic carbocycles. The number of hydrogen-bond acceptors (Lipinski definition) is 5. The number of ether oxygens (including phenoxy) is 1. The minimum Gasteiger partial charge on any atom is -0.497 e. The number of rotatable bonds is 12. The first-order chi connectivity index (χ1) is 14.3. The third-order valence-electron chi connectivity index (χ3n) is 5.38. The molecule has 30 heavy (non-hydrogen) atoms. The standard InChI is InChI=1S/C25H35N3O2/c1-25(2,14-7-15-26)19-28(17-21-10-12-22(30-3)13-11-21)18-24(29)23(27)16-20-8-5-4-6-9-20/h4-6,8-13,23-24,29H,7,14,16-19,27H2,1-3H3/t23-,24?/m0/s1. The van der Waals surface area contributed by atoms with Crippen LogP contribution in [-0.4, -0.2) is 42.4 Å². The van der Waals surface area contributed by atoms with Crippen LogP contribution in [-0.2, 0) is 13.0 Å². The number of benzene rings is 2. The summed E-state index contributed by atoms with van der Waals surface area (Å²) >= 11 is 0. The second-order valence-corrected chi connectivity index (χ2v) is 8.76. The highest BCUT2D eigenvalue weighted by atomic mass is 16.5. The minimum atomic E-state index is -0.643. The summed E-state index contributed by atoms with van der Waals surface area (Å²) in [4.78, 5) is 2.24. The molecule has 5 nitrogen and oxygen atoms in total. The lowest BCUT2D eigenvalue weighted by Crippen LogP contribution is -2.46. The van der Waals surface area contributed by atoms with Gasteiger partial charge in [-0.3, -0.25) is 4.90 Å². The molecule has 5 heteroatoms. The number of nitrogens with two attached hydrogens (primary N) is 1. The molecule has 0 heterocycles. The van der Waals surface area contributed by atoms with Gasteiger partial charge >= 0.3 is 0 Å². The van der Waals surface area contributed by atoms with Crippen molar-refractivity contribution in [2.75, 3.05) is 20.2 Å². The lowest BCUT2D eigenvalue weighted by atomic mass is 9.87. The normalized spacial score (nSPS) is 13.6. The van der Waals surface area contributed by atoms with Crippen molar-refractivity contribution in [3.05, 3.63) is 65.7 Å². The van der Waals surface area contributed by atoms with Crippen molar-refractivity contribution in [2.45, 2.75) is 51.8 Å². The fourth-order valence-electron chi connectivity index (χ4n) is 3.68. The Balaban J connectivity index is 2.07. The highest BCUT2D eigenvalue weighted by Gasteiger charge is 2.25. The third-order valence-corrected chi connectivity index (χ3v) is 5.38. The van der Waals surface area contributed by atoms with Crippen molar-refractivity contribution in [2.24, 2.45) is 11.1 Å². The monoisotopic (exact) mass is 409 g/mol. The molecular weight excluding hydrogens is 374 g/mol. The van der Waals surface area contributed by atoms with Crippen molar-refractivity contribution in [1.29, 1.82) is 5.26 Å². The van der Waals surface area contributed by atoms with Gasteiger partial charge in [-0.2, -0.15) is 5.26 Å². The molecule has 0 amide bonds. The molecule has 162 valence electrons. The molecule has 0 aliphatic rings. The van der Waals surface area contributed by atoms with E-state index in [0.717, 1.165) is 29.8 Å². The first-order valence-corrected chi connectivity index (χ1v) is 10.5. The van der Waals surface area contributed by atoms with Crippen LogP contribution in [0.4, 0.5) is 0 Å². The Labute approximate surface area is 181 Å². The Morgan fingerprint density at radius 2 is 1.77 bits per heavy atom. The van der Waals surface area contributed by atoms with Crippen molar-refractivity contribution in [3.63, 3.8) is 0 Å². The lowest BCUT2D eigenvalue weighted by Gasteiger charge is -2.35. The Hall–Kier alpha value is -2.39. The molecule has 2 atom stereocenters. The molecule has 0 fully saturated rings. The molecule has 1 unspecified atom stereocenters. The maximum Gasteiger partial charge on any atom is 0.118 e. The molecule has 0 saturated carbocycles. The SMILES string of the molecule is COc1ccc(CN(CC(O)[C@@H](N)Cc2ccccc2)CC(C)(C)CCC#N)cc1. The van der Waals surface area contributed by atoms with Crippen LogP contribution in [0.25, 0.3) is 0 Å². The number of methoxy groups -OCH3 is 1. The molecule has 3 N–H and O–H groups in total. The fraction of sp³-hybridized carbons (Fsp3) is 0.480. The summed E-state index contributed by atoms with van der Waals surface area (Å²) in [5, 5.41) is 19.8. The fourth-order valence-corrected chi connectivity index (χ4v) is 3.68. The molecular formula is C25H35N3O2. The second-order valence-electron chi connectivity index (χ2n) is 8.76. The first kappa shape index (κ1) is 23.9. The predicted molar refractivity (Wildman–Crippen MR) is 121 cm³/mol. The van der Waals surface area contributed by atoms with Crippen molar-refractivity contribution < 1.29 is 9.84 Å². The Bertz CT molecular complexity index is 784. The van der Waals surface area contributed by atoms with E-state index in [-0.39, 0.29) is 11.5 Å². The molecule has 0 spiro atoms. The molecule has 0 bridgehead atoms. The van der Waals surface area contributed by atoms with E-state index in [0.29, 0.717) is 25.9 Å². The van der Waals surface area contributed by atoms with Gasteiger partial charge in [-0.15, -0.1) is 0 Å². The minimum absolute atomic E-state index is 0.0363.